The third kappa shape index (κ3) is 7.05. The third-order valence-electron chi connectivity index (χ3n) is 16.9. The average molecular weight is 1000 g/mol. The average Bonchev–Trinajstić information content (AvgIpc) is 4.25. The van der Waals surface area contributed by atoms with Gasteiger partial charge in [0, 0.05) is 32.9 Å². The fraction of sp³-hybridized carbons (Fsp3) is 0.0130. The van der Waals surface area contributed by atoms with Gasteiger partial charge < -0.3 is 9.13 Å². The summed E-state index contributed by atoms with van der Waals surface area (Å²) in [5.74, 6) is 0. The number of rotatable bonds is 8. The minimum absolute atomic E-state index is 0.460. The van der Waals surface area contributed by atoms with Crippen molar-refractivity contribution < 1.29 is 0 Å². The first-order valence-corrected chi connectivity index (χ1v) is 27.4. The van der Waals surface area contributed by atoms with Crippen LogP contribution in [0.4, 0.5) is 0 Å². The maximum absolute atomic E-state index is 2.45. The lowest BCUT2D eigenvalue weighted by atomic mass is 9.70. The molecule has 0 N–H and O–H groups in total. The molecule has 0 aliphatic heterocycles. The molecule has 0 radical (unpaired) electrons. The second-order valence-electron chi connectivity index (χ2n) is 21.2. The number of nitrogens with zero attached hydrogens (tertiary/aromatic N) is 2. The van der Waals surface area contributed by atoms with E-state index >= 15 is 0 Å². The van der Waals surface area contributed by atoms with Gasteiger partial charge in [0.15, 0.2) is 0 Å². The van der Waals surface area contributed by atoms with Gasteiger partial charge in [-0.1, -0.05) is 231 Å². The summed E-state index contributed by atoms with van der Waals surface area (Å²) >= 11 is 0. The largest absolute Gasteiger partial charge is 0.309 e. The van der Waals surface area contributed by atoms with Gasteiger partial charge in [-0.05, 0) is 162 Å². The van der Waals surface area contributed by atoms with Crippen LogP contribution < -0.4 is 0 Å². The number of benzene rings is 12. The second kappa shape index (κ2) is 17.9. The Balaban J connectivity index is 0.711. The number of hydrogen-bond acceptors (Lipinski definition) is 0. The number of aromatic nitrogens is 2. The Hall–Kier alpha value is -10.3. The molecule has 0 bridgehead atoms. The topological polar surface area (TPSA) is 9.86 Å². The molecule has 16 rings (SSSR count). The van der Waals surface area contributed by atoms with Crippen LogP contribution in [0.2, 0.25) is 0 Å². The SMILES string of the molecule is C(=Cc1ccc2c(c1)C1(c3ccccc3-c3ccccc31)c1cc(C=Cc3ccc(-c4ccc5c(c4)c4ccccc4n5-c4ccccc4)cc3)ccc1-2)c1ccc(-c2ccc3c(c2)c2ccccc2n3-c2ccccc2)cc1. The van der Waals surface area contributed by atoms with E-state index in [-0.39, 0.29) is 0 Å². The van der Waals surface area contributed by atoms with Crippen molar-refractivity contribution >= 4 is 67.9 Å². The third-order valence-corrected chi connectivity index (χ3v) is 16.9. The Morgan fingerprint density at radius 3 is 1.03 bits per heavy atom. The van der Waals surface area contributed by atoms with Crippen LogP contribution in [0.15, 0.2) is 279 Å². The highest BCUT2D eigenvalue weighted by atomic mass is 15.0. The zero-order valence-corrected chi connectivity index (χ0v) is 43.3. The number of para-hydroxylation sites is 4. The van der Waals surface area contributed by atoms with E-state index in [9.17, 15) is 0 Å². The smallest absolute Gasteiger partial charge is 0.0725 e. The predicted molar refractivity (Wildman–Crippen MR) is 333 cm³/mol. The first kappa shape index (κ1) is 45.0. The van der Waals surface area contributed by atoms with Gasteiger partial charge in [-0.3, -0.25) is 0 Å². The van der Waals surface area contributed by atoms with E-state index in [1.165, 1.54) is 133 Å². The summed E-state index contributed by atoms with van der Waals surface area (Å²) in [6.45, 7) is 0. The van der Waals surface area contributed by atoms with E-state index in [4.69, 9.17) is 0 Å². The molecule has 2 aliphatic carbocycles. The zero-order valence-electron chi connectivity index (χ0n) is 43.3. The van der Waals surface area contributed by atoms with Gasteiger partial charge in [-0.25, -0.2) is 0 Å². The highest BCUT2D eigenvalue weighted by Gasteiger charge is 2.51. The van der Waals surface area contributed by atoms with Crippen molar-refractivity contribution in [3.05, 3.63) is 324 Å². The Morgan fingerprint density at radius 1 is 0.228 bits per heavy atom. The number of fused-ring (bicyclic) bond motifs is 16. The van der Waals surface area contributed by atoms with Crippen LogP contribution in [0.3, 0.4) is 0 Å². The molecule has 2 heterocycles. The Kier molecular flexibility index (Phi) is 10.2. The molecule has 12 aromatic carbocycles. The van der Waals surface area contributed by atoms with Crippen LogP contribution in [0.5, 0.6) is 0 Å². The molecule has 2 nitrogen and oxygen atoms in total. The van der Waals surface area contributed by atoms with Gasteiger partial charge in [0.1, 0.15) is 0 Å². The van der Waals surface area contributed by atoms with Crippen LogP contribution in [0.25, 0.3) is 124 Å². The molecular formula is C77H50N2. The van der Waals surface area contributed by atoms with Crippen molar-refractivity contribution in [2.24, 2.45) is 0 Å². The van der Waals surface area contributed by atoms with Crippen LogP contribution in [0, 0.1) is 0 Å². The molecule has 0 fully saturated rings. The summed E-state index contributed by atoms with van der Waals surface area (Å²) in [5.41, 5.74) is 26.8. The van der Waals surface area contributed by atoms with Crippen molar-refractivity contribution in [1.29, 1.82) is 0 Å². The van der Waals surface area contributed by atoms with Gasteiger partial charge in [-0.15, -0.1) is 0 Å². The minimum Gasteiger partial charge on any atom is -0.309 e. The lowest BCUT2D eigenvalue weighted by Gasteiger charge is -2.30. The second-order valence-corrected chi connectivity index (χ2v) is 21.2. The minimum atomic E-state index is -0.460. The van der Waals surface area contributed by atoms with E-state index in [1.807, 2.05) is 0 Å². The quantitative estimate of drug-likeness (QED) is 0.134. The molecule has 2 aliphatic rings. The predicted octanol–water partition coefficient (Wildman–Crippen LogP) is 19.9. The Labute approximate surface area is 459 Å². The fourth-order valence-corrected chi connectivity index (χ4v) is 13.4. The molecule has 0 atom stereocenters. The van der Waals surface area contributed by atoms with Gasteiger partial charge in [-0.2, -0.15) is 0 Å². The standard InChI is InChI=1S/C77H50N2/c1-3-15-59(16-4-1)78-73-25-13-9-21-65(73)67-49-57(41-45-75(67)78)55-37-31-51(32-38-55)27-29-53-35-43-63-64-44-36-54(48-72(64)77(71(63)47-53)69-23-11-7-19-61(69)62-20-8-12-24-70(62)77)30-28-52-33-39-56(40-34-52)58-42-46-76-68(50-58)66-22-10-14-26-74(66)79(76)60-17-5-2-6-18-60/h1-50H. The molecule has 14 aromatic rings. The number of hydrogen-bond donors (Lipinski definition) is 0. The summed E-state index contributed by atoms with van der Waals surface area (Å²) in [6, 6.07) is 103. The molecule has 368 valence electrons. The van der Waals surface area contributed by atoms with Crippen LogP contribution in [-0.2, 0) is 5.41 Å². The molecule has 0 unspecified atom stereocenters. The van der Waals surface area contributed by atoms with Gasteiger partial charge in [0.25, 0.3) is 0 Å². The molecule has 0 saturated heterocycles. The van der Waals surface area contributed by atoms with E-state index in [0.29, 0.717) is 0 Å². The van der Waals surface area contributed by atoms with E-state index in [2.05, 4.69) is 312 Å². The maximum Gasteiger partial charge on any atom is 0.0725 e. The lowest BCUT2D eigenvalue weighted by molar-refractivity contribution is 0.793. The lowest BCUT2D eigenvalue weighted by Crippen LogP contribution is -2.26. The van der Waals surface area contributed by atoms with E-state index < -0.39 is 5.41 Å². The summed E-state index contributed by atoms with van der Waals surface area (Å²) in [7, 11) is 0. The van der Waals surface area contributed by atoms with Gasteiger partial charge in [0.05, 0.1) is 27.5 Å². The van der Waals surface area contributed by atoms with E-state index in [0.717, 1.165) is 11.1 Å². The van der Waals surface area contributed by atoms with Crippen molar-refractivity contribution in [2.45, 2.75) is 5.41 Å². The zero-order chi connectivity index (χ0) is 52.0. The Morgan fingerprint density at radius 2 is 0.570 bits per heavy atom. The normalized spacial score (nSPS) is 13.1. The molecule has 2 aromatic heterocycles. The summed E-state index contributed by atoms with van der Waals surface area (Å²) in [5, 5.41) is 5.04. The summed E-state index contributed by atoms with van der Waals surface area (Å²) < 4.78 is 4.74. The summed E-state index contributed by atoms with van der Waals surface area (Å²) in [6.07, 6.45) is 9.08. The van der Waals surface area contributed by atoms with Gasteiger partial charge >= 0.3 is 0 Å². The summed E-state index contributed by atoms with van der Waals surface area (Å²) in [4.78, 5) is 0. The van der Waals surface area contributed by atoms with Crippen LogP contribution >= 0.6 is 0 Å². The monoisotopic (exact) mass is 1000 g/mol. The van der Waals surface area contributed by atoms with E-state index in [1.54, 1.807) is 0 Å². The van der Waals surface area contributed by atoms with Crippen LogP contribution in [0.1, 0.15) is 44.5 Å². The molecule has 1 spiro atoms. The first-order chi connectivity index (χ1) is 39.2. The molecule has 2 heteroatoms. The van der Waals surface area contributed by atoms with Crippen molar-refractivity contribution in [2.75, 3.05) is 0 Å². The van der Waals surface area contributed by atoms with Crippen LogP contribution in [-0.4, -0.2) is 9.13 Å². The molecule has 79 heavy (non-hydrogen) atoms. The maximum atomic E-state index is 2.45. The fourth-order valence-electron chi connectivity index (χ4n) is 13.4. The van der Waals surface area contributed by atoms with Gasteiger partial charge in [0.2, 0.25) is 0 Å². The van der Waals surface area contributed by atoms with Crippen molar-refractivity contribution in [3.8, 4) is 55.9 Å². The molecule has 0 amide bonds. The Bertz CT molecular complexity index is 4490. The molecular weight excluding hydrogens is 953 g/mol. The van der Waals surface area contributed by atoms with Crippen molar-refractivity contribution in [1.82, 2.24) is 9.13 Å². The first-order valence-electron chi connectivity index (χ1n) is 27.4. The highest BCUT2D eigenvalue weighted by molar-refractivity contribution is 6.12. The molecule has 0 saturated carbocycles. The highest BCUT2D eigenvalue weighted by Crippen LogP contribution is 2.63. The van der Waals surface area contributed by atoms with Crippen molar-refractivity contribution in [3.63, 3.8) is 0 Å².